The Morgan fingerprint density at radius 2 is 2.04 bits per heavy atom. The SMILES string of the molecule is O=C(/C=C/c1cccs1)N(Cc1ccncc1)c1nc2ccc(F)cc2s1. The van der Waals surface area contributed by atoms with Gasteiger partial charge in [-0.05, 0) is 53.4 Å². The van der Waals surface area contributed by atoms with Gasteiger partial charge in [-0.3, -0.25) is 14.7 Å². The summed E-state index contributed by atoms with van der Waals surface area (Å²) in [6.45, 7) is 0.360. The number of carbonyl (C=O) groups excluding carboxylic acids is 1. The highest BCUT2D eigenvalue weighted by molar-refractivity contribution is 7.22. The second kappa shape index (κ2) is 7.77. The molecular weight excluding hydrogens is 381 g/mol. The molecule has 4 nitrogen and oxygen atoms in total. The zero-order chi connectivity index (χ0) is 18.6. The first-order valence-corrected chi connectivity index (χ1v) is 9.87. The fourth-order valence-electron chi connectivity index (χ4n) is 2.54. The number of pyridine rings is 1. The van der Waals surface area contributed by atoms with Gasteiger partial charge in [0.15, 0.2) is 5.13 Å². The predicted octanol–water partition coefficient (Wildman–Crippen LogP) is 5.14. The summed E-state index contributed by atoms with van der Waals surface area (Å²) >= 11 is 2.86. The minimum Gasteiger partial charge on any atom is -0.280 e. The lowest BCUT2D eigenvalue weighted by Crippen LogP contribution is -2.28. The van der Waals surface area contributed by atoms with Crippen molar-refractivity contribution in [2.45, 2.75) is 6.54 Å². The van der Waals surface area contributed by atoms with E-state index in [2.05, 4.69) is 9.97 Å². The number of amides is 1. The molecule has 1 aromatic carbocycles. The summed E-state index contributed by atoms with van der Waals surface area (Å²) in [7, 11) is 0. The number of nitrogens with zero attached hydrogens (tertiary/aromatic N) is 3. The van der Waals surface area contributed by atoms with Crippen molar-refractivity contribution in [3.63, 3.8) is 0 Å². The van der Waals surface area contributed by atoms with Crippen LogP contribution in [0.15, 0.2) is 66.3 Å². The van der Waals surface area contributed by atoms with Gasteiger partial charge in [0.05, 0.1) is 16.8 Å². The van der Waals surface area contributed by atoms with Crippen LogP contribution in [0.1, 0.15) is 10.4 Å². The van der Waals surface area contributed by atoms with Crippen LogP contribution in [0, 0.1) is 5.82 Å². The van der Waals surface area contributed by atoms with E-state index in [1.165, 1.54) is 23.5 Å². The first-order chi connectivity index (χ1) is 13.2. The van der Waals surface area contributed by atoms with Crippen LogP contribution < -0.4 is 4.90 Å². The molecular formula is C20H14FN3OS2. The zero-order valence-electron chi connectivity index (χ0n) is 14.1. The molecule has 0 aliphatic heterocycles. The summed E-state index contributed by atoms with van der Waals surface area (Å²) in [5.41, 5.74) is 1.61. The van der Waals surface area contributed by atoms with Gasteiger partial charge < -0.3 is 0 Å². The highest BCUT2D eigenvalue weighted by Crippen LogP contribution is 2.30. The monoisotopic (exact) mass is 395 g/mol. The highest BCUT2D eigenvalue weighted by atomic mass is 32.1. The Kier molecular flexibility index (Phi) is 5.04. The number of benzene rings is 1. The van der Waals surface area contributed by atoms with Crippen LogP contribution in [-0.4, -0.2) is 15.9 Å². The zero-order valence-corrected chi connectivity index (χ0v) is 15.7. The van der Waals surface area contributed by atoms with Gasteiger partial charge in [0.1, 0.15) is 5.82 Å². The van der Waals surface area contributed by atoms with Crippen LogP contribution in [0.3, 0.4) is 0 Å². The Bertz CT molecular complexity index is 1090. The molecule has 7 heteroatoms. The molecule has 1 amide bonds. The van der Waals surface area contributed by atoms with Crippen molar-refractivity contribution in [2.24, 2.45) is 0 Å². The maximum atomic E-state index is 13.5. The largest absolute Gasteiger partial charge is 0.280 e. The van der Waals surface area contributed by atoms with E-state index >= 15 is 0 Å². The third-order valence-electron chi connectivity index (χ3n) is 3.86. The number of thiazole rings is 1. The van der Waals surface area contributed by atoms with Crippen molar-refractivity contribution < 1.29 is 9.18 Å². The molecule has 0 bridgehead atoms. The Morgan fingerprint density at radius 3 is 2.81 bits per heavy atom. The molecule has 0 aliphatic carbocycles. The molecule has 0 aliphatic rings. The molecule has 0 unspecified atom stereocenters. The fourth-order valence-corrected chi connectivity index (χ4v) is 4.16. The average Bonchev–Trinajstić information content (AvgIpc) is 3.34. The third kappa shape index (κ3) is 4.10. The van der Waals surface area contributed by atoms with Crippen LogP contribution >= 0.6 is 22.7 Å². The molecule has 134 valence electrons. The lowest BCUT2D eigenvalue weighted by molar-refractivity contribution is -0.114. The van der Waals surface area contributed by atoms with E-state index in [1.807, 2.05) is 29.6 Å². The maximum Gasteiger partial charge on any atom is 0.253 e. The minimum absolute atomic E-state index is 0.181. The van der Waals surface area contributed by atoms with Crippen LogP contribution in [0.4, 0.5) is 9.52 Å². The second-order valence-corrected chi connectivity index (χ2v) is 7.73. The van der Waals surface area contributed by atoms with Crippen molar-refractivity contribution in [3.05, 3.63) is 82.6 Å². The predicted molar refractivity (Wildman–Crippen MR) is 108 cm³/mol. The minimum atomic E-state index is -0.317. The molecule has 0 atom stereocenters. The molecule has 0 N–H and O–H groups in total. The summed E-state index contributed by atoms with van der Waals surface area (Å²) in [6.07, 6.45) is 6.71. The Hall–Kier alpha value is -2.90. The molecule has 27 heavy (non-hydrogen) atoms. The van der Waals surface area contributed by atoms with Crippen LogP contribution in [0.25, 0.3) is 16.3 Å². The van der Waals surface area contributed by atoms with E-state index in [0.29, 0.717) is 21.9 Å². The molecule has 3 aromatic heterocycles. The van der Waals surface area contributed by atoms with Gasteiger partial charge in [-0.2, -0.15) is 0 Å². The van der Waals surface area contributed by atoms with Crippen molar-refractivity contribution >= 4 is 50.0 Å². The summed E-state index contributed by atoms with van der Waals surface area (Å²) in [6, 6.07) is 12.0. The van der Waals surface area contributed by atoms with Gasteiger partial charge in [0.2, 0.25) is 0 Å². The van der Waals surface area contributed by atoms with E-state index in [1.54, 1.807) is 46.8 Å². The summed E-state index contributed by atoms with van der Waals surface area (Å²) in [5.74, 6) is -0.498. The van der Waals surface area contributed by atoms with E-state index in [0.717, 1.165) is 10.4 Å². The number of rotatable bonds is 5. The topological polar surface area (TPSA) is 46.1 Å². The van der Waals surface area contributed by atoms with Gasteiger partial charge in [-0.15, -0.1) is 11.3 Å². The lowest BCUT2D eigenvalue weighted by atomic mass is 10.2. The molecule has 3 heterocycles. The normalized spacial score (nSPS) is 11.3. The van der Waals surface area contributed by atoms with E-state index in [4.69, 9.17) is 0 Å². The Morgan fingerprint density at radius 1 is 1.19 bits per heavy atom. The molecule has 4 aromatic rings. The van der Waals surface area contributed by atoms with Gasteiger partial charge in [0, 0.05) is 23.3 Å². The van der Waals surface area contributed by atoms with Gasteiger partial charge in [0.25, 0.3) is 5.91 Å². The molecule has 0 saturated heterocycles. The Labute approximate surface area is 163 Å². The lowest BCUT2D eigenvalue weighted by Gasteiger charge is -2.18. The number of fused-ring (bicyclic) bond motifs is 1. The van der Waals surface area contributed by atoms with Crippen molar-refractivity contribution in [2.75, 3.05) is 4.90 Å². The van der Waals surface area contributed by atoms with Crippen molar-refractivity contribution in [1.82, 2.24) is 9.97 Å². The van der Waals surface area contributed by atoms with Crippen molar-refractivity contribution in [1.29, 1.82) is 0 Å². The van der Waals surface area contributed by atoms with Crippen LogP contribution in [-0.2, 0) is 11.3 Å². The average molecular weight is 395 g/mol. The van der Waals surface area contributed by atoms with Gasteiger partial charge in [-0.25, -0.2) is 9.37 Å². The first-order valence-electron chi connectivity index (χ1n) is 8.17. The molecule has 0 saturated carbocycles. The van der Waals surface area contributed by atoms with Gasteiger partial charge >= 0.3 is 0 Å². The molecule has 4 rings (SSSR count). The quantitative estimate of drug-likeness (QED) is 0.440. The van der Waals surface area contributed by atoms with Crippen LogP contribution in [0.2, 0.25) is 0 Å². The second-order valence-electron chi connectivity index (χ2n) is 5.74. The maximum absolute atomic E-state index is 13.5. The number of carbonyl (C=O) groups is 1. The molecule has 0 spiro atoms. The number of hydrogen-bond acceptors (Lipinski definition) is 5. The summed E-state index contributed by atoms with van der Waals surface area (Å²) < 4.78 is 14.2. The first kappa shape index (κ1) is 17.5. The van der Waals surface area contributed by atoms with Gasteiger partial charge in [-0.1, -0.05) is 17.4 Å². The highest BCUT2D eigenvalue weighted by Gasteiger charge is 2.18. The van der Waals surface area contributed by atoms with E-state index in [9.17, 15) is 9.18 Å². The van der Waals surface area contributed by atoms with Crippen LogP contribution in [0.5, 0.6) is 0 Å². The smallest absolute Gasteiger partial charge is 0.253 e. The van der Waals surface area contributed by atoms with E-state index in [-0.39, 0.29) is 11.7 Å². The number of anilines is 1. The standard InChI is InChI=1S/C20H14FN3OS2/c21-15-3-5-17-18(12-15)27-20(23-17)24(13-14-7-9-22-10-8-14)19(25)6-4-16-2-1-11-26-16/h1-12H,13H2/b6-4+. The number of hydrogen-bond donors (Lipinski definition) is 0. The summed E-state index contributed by atoms with van der Waals surface area (Å²) in [5, 5.41) is 2.49. The summed E-state index contributed by atoms with van der Waals surface area (Å²) in [4.78, 5) is 24.0. The van der Waals surface area contributed by atoms with E-state index < -0.39 is 0 Å². The number of thiophene rings is 1. The fraction of sp³-hybridized carbons (Fsp3) is 0.0500. The number of aromatic nitrogens is 2. The molecule has 0 radical (unpaired) electrons. The third-order valence-corrected chi connectivity index (χ3v) is 5.74. The Balaban J connectivity index is 1.68. The van der Waals surface area contributed by atoms with Crippen molar-refractivity contribution in [3.8, 4) is 0 Å². The molecule has 0 fully saturated rings. The number of halogens is 1.